The molecule has 2 rings (SSSR count). The molecule has 0 spiro atoms. The highest BCUT2D eigenvalue weighted by Gasteiger charge is 2.21. The summed E-state index contributed by atoms with van der Waals surface area (Å²) in [5.74, 6) is -1.32. The molecule has 1 N–H and O–H groups in total. The number of halogens is 1. The molecule has 0 aliphatic heterocycles. The second-order valence-electron chi connectivity index (χ2n) is 5.94. The van der Waals surface area contributed by atoms with Gasteiger partial charge in [-0.1, -0.05) is 38.5 Å². The van der Waals surface area contributed by atoms with E-state index in [1.165, 1.54) is 18.2 Å². The van der Waals surface area contributed by atoms with Gasteiger partial charge in [-0.25, -0.2) is 9.59 Å². The molecular formula is C20H21ClO5. The highest BCUT2D eigenvalue weighted by Crippen LogP contribution is 2.26. The van der Waals surface area contributed by atoms with Gasteiger partial charge in [-0.05, 0) is 30.2 Å². The quantitative estimate of drug-likeness (QED) is 0.440. The fraction of sp³-hybridized carbons (Fsp3) is 0.300. The van der Waals surface area contributed by atoms with Crippen molar-refractivity contribution in [3.8, 4) is 11.5 Å². The molecule has 138 valence electrons. The van der Waals surface area contributed by atoms with Gasteiger partial charge >= 0.3 is 11.9 Å². The van der Waals surface area contributed by atoms with Gasteiger partial charge in [-0.15, -0.1) is 11.6 Å². The van der Waals surface area contributed by atoms with Crippen LogP contribution in [0.4, 0.5) is 0 Å². The molecule has 5 nitrogen and oxygen atoms in total. The molecule has 26 heavy (non-hydrogen) atoms. The summed E-state index contributed by atoms with van der Waals surface area (Å²) in [4.78, 5) is 24.6. The summed E-state index contributed by atoms with van der Waals surface area (Å²) in [5.41, 5.74) is 0.368. The van der Waals surface area contributed by atoms with Gasteiger partial charge in [0.1, 0.15) is 23.7 Å². The van der Waals surface area contributed by atoms with Gasteiger partial charge in [0.15, 0.2) is 0 Å². The number of ether oxygens (including phenoxy) is 2. The fourth-order valence-electron chi connectivity index (χ4n) is 2.15. The molecule has 0 saturated heterocycles. The maximum Gasteiger partial charge on any atom is 0.343 e. The predicted octanol–water partition coefficient (Wildman–Crippen LogP) is 4.42. The highest BCUT2D eigenvalue weighted by atomic mass is 35.5. The lowest BCUT2D eigenvalue weighted by Crippen LogP contribution is -2.21. The molecule has 0 bridgehead atoms. The van der Waals surface area contributed by atoms with E-state index in [0.29, 0.717) is 5.56 Å². The molecule has 0 saturated carbocycles. The molecular weight excluding hydrogens is 356 g/mol. The maximum absolute atomic E-state index is 12.4. The van der Waals surface area contributed by atoms with Gasteiger partial charge < -0.3 is 14.6 Å². The minimum Gasteiger partial charge on any atom is -0.508 e. The van der Waals surface area contributed by atoms with E-state index in [-0.39, 0.29) is 35.0 Å². The minimum absolute atomic E-state index is 0.0418. The Labute approximate surface area is 157 Å². The smallest absolute Gasteiger partial charge is 0.343 e. The van der Waals surface area contributed by atoms with Crippen LogP contribution in [0.5, 0.6) is 11.5 Å². The maximum atomic E-state index is 12.4. The molecule has 0 heterocycles. The summed E-state index contributed by atoms with van der Waals surface area (Å²) in [5, 5.41) is 9.35. The summed E-state index contributed by atoms with van der Waals surface area (Å²) in [6, 6.07) is 12.2. The molecule has 2 unspecified atom stereocenters. The van der Waals surface area contributed by atoms with Crippen LogP contribution >= 0.6 is 11.6 Å². The number of rotatable bonds is 7. The van der Waals surface area contributed by atoms with Crippen molar-refractivity contribution in [1.29, 1.82) is 0 Å². The zero-order valence-corrected chi connectivity index (χ0v) is 15.4. The second-order valence-corrected chi connectivity index (χ2v) is 6.50. The lowest BCUT2D eigenvalue weighted by Gasteiger charge is -2.16. The Morgan fingerprint density at radius 1 is 1.12 bits per heavy atom. The molecule has 0 aliphatic rings. The van der Waals surface area contributed by atoms with Crippen LogP contribution in [-0.4, -0.2) is 29.0 Å². The third-order valence-electron chi connectivity index (χ3n) is 4.03. The van der Waals surface area contributed by atoms with Crippen molar-refractivity contribution in [2.24, 2.45) is 5.92 Å². The van der Waals surface area contributed by atoms with Gasteiger partial charge in [0.2, 0.25) is 0 Å². The van der Waals surface area contributed by atoms with E-state index < -0.39 is 11.9 Å². The first kappa shape index (κ1) is 19.8. The van der Waals surface area contributed by atoms with Crippen molar-refractivity contribution in [2.45, 2.75) is 25.6 Å². The van der Waals surface area contributed by atoms with E-state index in [1.54, 1.807) is 30.3 Å². The van der Waals surface area contributed by atoms with Crippen LogP contribution in [0.3, 0.4) is 0 Å². The Balaban J connectivity index is 2.14. The zero-order chi connectivity index (χ0) is 19.1. The Morgan fingerprint density at radius 2 is 1.81 bits per heavy atom. The monoisotopic (exact) mass is 376 g/mol. The van der Waals surface area contributed by atoms with Crippen LogP contribution in [0.2, 0.25) is 0 Å². The standard InChI is InChI=1S/C20H21ClO5/c1-3-13(2)17(21)12-25-20(24)16-10-9-15(22)11-18(16)26-19(23)14-7-5-4-6-8-14/h4-11,13,17,22H,3,12H2,1-2H3. The first-order valence-corrected chi connectivity index (χ1v) is 8.77. The van der Waals surface area contributed by atoms with Crippen LogP contribution in [0, 0.1) is 5.92 Å². The second kappa shape index (κ2) is 9.25. The average molecular weight is 377 g/mol. The van der Waals surface area contributed by atoms with Crippen molar-refractivity contribution >= 4 is 23.5 Å². The minimum atomic E-state index is -0.671. The van der Waals surface area contributed by atoms with Crippen LogP contribution in [0.25, 0.3) is 0 Å². The highest BCUT2D eigenvalue weighted by molar-refractivity contribution is 6.21. The number of phenolic OH excluding ortho intramolecular Hbond substituents is 1. The predicted molar refractivity (Wildman–Crippen MR) is 98.9 cm³/mol. The van der Waals surface area contributed by atoms with Crippen molar-refractivity contribution in [1.82, 2.24) is 0 Å². The van der Waals surface area contributed by atoms with Crippen LogP contribution < -0.4 is 4.74 Å². The number of benzene rings is 2. The van der Waals surface area contributed by atoms with Gasteiger partial charge in [0.25, 0.3) is 0 Å². The van der Waals surface area contributed by atoms with E-state index in [1.807, 2.05) is 13.8 Å². The Kier molecular flexibility index (Phi) is 7.04. The summed E-state index contributed by atoms with van der Waals surface area (Å²) in [6.07, 6.45) is 0.866. The van der Waals surface area contributed by atoms with Crippen molar-refractivity contribution in [2.75, 3.05) is 6.61 Å². The van der Waals surface area contributed by atoms with Gasteiger partial charge in [-0.3, -0.25) is 0 Å². The van der Waals surface area contributed by atoms with E-state index in [0.717, 1.165) is 6.42 Å². The van der Waals surface area contributed by atoms with Gasteiger partial charge in [0, 0.05) is 6.07 Å². The SMILES string of the molecule is CCC(C)C(Cl)COC(=O)c1ccc(O)cc1OC(=O)c1ccccc1. The van der Waals surface area contributed by atoms with E-state index in [9.17, 15) is 14.7 Å². The van der Waals surface area contributed by atoms with E-state index >= 15 is 0 Å². The topological polar surface area (TPSA) is 72.8 Å². The molecule has 0 fully saturated rings. The van der Waals surface area contributed by atoms with Crippen molar-refractivity contribution in [3.05, 3.63) is 59.7 Å². The molecule has 6 heteroatoms. The number of esters is 2. The van der Waals surface area contributed by atoms with Gasteiger partial charge in [0.05, 0.1) is 10.9 Å². The summed E-state index contributed by atoms with van der Waals surface area (Å²) >= 11 is 6.19. The number of hydrogen-bond acceptors (Lipinski definition) is 5. The van der Waals surface area contributed by atoms with Crippen LogP contribution in [0.15, 0.2) is 48.5 Å². The molecule has 2 aromatic rings. The largest absolute Gasteiger partial charge is 0.508 e. The number of hydrogen-bond donors (Lipinski definition) is 1. The molecule has 0 aromatic heterocycles. The summed E-state index contributed by atoms with van der Waals surface area (Å²) in [6.45, 7) is 4.02. The van der Waals surface area contributed by atoms with Crippen LogP contribution in [-0.2, 0) is 4.74 Å². The Bertz CT molecular complexity index is 760. The van der Waals surface area contributed by atoms with E-state index in [4.69, 9.17) is 21.1 Å². The van der Waals surface area contributed by atoms with Crippen molar-refractivity contribution < 1.29 is 24.2 Å². The zero-order valence-electron chi connectivity index (χ0n) is 14.6. The number of alkyl halides is 1. The van der Waals surface area contributed by atoms with Crippen molar-refractivity contribution in [3.63, 3.8) is 0 Å². The lowest BCUT2D eigenvalue weighted by molar-refractivity contribution is 0.0484. The third-order valence-corrected chi connectivity index (χ3v) is 4.59. The number of carbonyl (C=O) groups is 2. The fourth-order valence-corrected chi connectivity index (χ4v) is 2.39. The normalized spacial score (nSPS) is 12.9. The van der Waals surface area contributed by atoms with Gasteiger partial charge in [-0.2, -0.15) is 0 Å². The van der Waals surface area contributed by atoms with E-state index in [2.05, 4.69) is 0 Å². The number of aromatic hydroxyl groups is 1. The Hall–Kier alpha value is -2.53. The number of phenols is 1. The lowest BCUT2D eigenvalue weighted by atomic mass is 10.1. The molecule has 2 aromatic carbocycles. The van der Waals surface area contributed by atoms with Crippen LogP contribution in [0.1, 0.15) is 41.0 Å². The molecule has 0 radical (unpaired) electrons. The Morgan fingerprint density at radius 3 is 2.46 bits per heavy atom. The first-order valence-electron chi connectivity index (χ1n) is 8.33. The third kappa shape index (κ3) is 5.23. The average Bonchev–Trinajstić information content (AvgIpc) is 2.65. The first-order chi connectivity index (χ1) is 12.4. The molecule has 0 aliphatic carbocycles. The number of carbonyl (C=O) groups excluding carboxylic acids is 2. The molecule has 2 atom stereocenters. The summed E-state index contributed by atoms with van der Waals surface area (Å²) < 4.78 is 10.5. The summed E-state index contributed by atoms with van der Waals surface area (Å²) in [7, 11) is 0. The molecule has 0 amide bonds.